The van der Waals surface area contributed by atoms with Gasteiger partial charge in [-0.2, -0.15) is 0 Å². The van der Waals surface area contributed by atoms with Crippen molar-refractivity contribution in [1.29, 1.82) is 0 Å². The van der Waals surface area contributed by atoms with Gasteiger partial charge < -0.3 is 9.90 Å². The van der Waals surface area contributed by atoms with Crippen LogP contribution >= 0.6 is 11.3 Å². The molecule has 2 amide bonds. The van der Waals surface area contributed by atoms with E-state index in [0.717, 1.165) is 22.4 Å². The first kappa shape index (κ1) is 18.2. The van der Waals surface area contributed by atoms with Gasteiger partial charge in [-0.05, 0) is 39.2 Å². The first-order valence-electron chi connectivity index (χ1n) is 7.87. The Hall–Kier alpha value is -2.15. The first-order chi connectivity index (χ1) is 11.3. The zero-order valence-corrected chi connectivity index (χ0v) is 14.8. The summed E-state index contributed by atoms with van der Waals surface area (Å²) in [4.78, 5) is 36.8. The van der Waals surface area contributed by atoms with Crippen LogP contribution in [0.15, 0.2) is 22.6 Å². The highest BCUT2D eigenvalue weighted by Gasteiger charge is 2.33. The number of aliphatic carboxylic acids is 1. The minimum absolute atomic E-state index is 0.296. The topological polar surface area (TPSA) is 98.3 Å². The summed E-state index contributed by atoms with van der Waals surface area (Å²) in [6.07, 6.45) is 1.49. The van der Waals surface area contributed by atoms with E-state index < -0.39 is 29.6 Å². The van der Waals surface area contributed by atoms with Gasteiger partial charge in [0.2, 0.25) is 5.91 Å². The largest absolute Gasteiger partial charge is 0.550 e. The lowest BCUT2D eigenvalue weighted by molar-refractivity contribution is -0.313. The smallest absolute Gasteiger partial charge is 0.270 e. The van der Waals surface area contributed by atoms with Gasteiger partial charge in [0.1, 0.15) is 0 Å². The lowest BCUT2D eigenvalue weighted by atomic mass is 9.76. The van der Waals surface area contributed by atoms with Gasteiger partial charge >= 0.3 is 0 Å². The normalized spacial score (nSPS) is 20.6. The molecule has 0 spiro atoms. The van der Waals surface area contributed by atoms with Crippen LogP contribution in [-0.2, 0) is 16.0 Å². The van der Waals surface area contributed by atoms with E-state index in [0.29, 0.717) is 18.4 Å². The maximum atomic E-state index is 12.3. The molecule has 0 aromatic carbocycles. The molecule has 1 heterocycles. The van der Waals surface area contributed by atoms with E-state index in [1.807, 2.05) is 20.8 Å². The summed E-state index contributed by atoms with van der Waals surface area (Å²) in [5.41, 5.74) is 7.16. The van der Waals surface area contributed by atoms with Crippen molar-refractivity contribution in [3.63, 3.8) is 0 Å². The van der Waals surface area contributed by atoms with E-state index >= 15 is 0 Å². The highest BCUT2D eigenvalue weighted by molar-refractivity contribution is 7.10. The number of carboxylic acid groups (broad SMARTS) is 1. The number of rotatable bonds is 4. The molecule has 1 aromatic rings. The molecule has 24 heavy (non-hydrogen) atoms. The summed E-state index contributed by atoms with van der Waals surface area (Å²) in [6.45, 7) is 5.75. The number of hydrogen-bond acceptors (Lipinski definition) is 5. The summed E-state index contributed by atoms with van der Waals surface area (Å²) in [6, 6.07) is 1.77. The Morgan fingerprint density at radius 1 is 1.17 bits per heavy atom. The maximum Gasteiger partial charge on any atom is 0.270 e. The van der Waals surface area contributed by atoms with Crippen LogP contribution in [-0.4, -0.2) is 17.8 Å². The van der Waals surface area contributed by atoms with Crippen LogP contribution in [0.1, 0.15) is 48.8 Å². The van der Waals surface area contributed by atoms with Crippen molar-refractivity contribution in [2.24, 2.45) is 11.8 Å². The SMILES string of the molecule is CCc1cc(C(=O)NNC(=O)[C@H]2CC(C)=C(C)C[C@H]2C(=O)[O-])cs1. The Bertz CT molecular complexity index is 693. The van der Waals surface area contributed by atoms with Crippen LogP contribution in [0.4, 0.5) is 0 Å². The number of nitrogens with one attached hydrogen (secondary N) is 2. The molecule has 1 aromatic heterocycles. The van der Waals surface area contributed by atoms with Crippen molar-refractivity contribution in [3.8, 4) is 0 Å². The maximum absolute atomic E-state index is 12.3. The van der Waals surface area contributed by atoms with E-state index in [1.165, 1.54) is 11.3 Å². The predicted octanol–water partition coefficient (Wildman–Crippen LogP) is 1.18. The fourth-order valence-corrected chi connectivity index (χ4v) is 3.60. The number of hydrogen-bond donors (Lipinski definition) is 2. The zero-order valence-electron chi connectivity index (χ0n) is 14.0. The minimum atomic E-state index is -1.24. The Kier molecular flexibility index (Phi) is 5.77. The molecule has 7 heteroatoms. The highest BCUT2D eigenvalue weighted by atomic mass is 32.1. The summed E-state index contributed by atoms with van der Waals surface area (Å²) >= 11 is 1.48. The second-order valence-corrected chi connectivity index (χ2v) is 7.10. The van der Waals surface area contributed by atoms with Crippen LogP contribution in [0.2, 0.25) is 0 Å². The number of hydrazine groups is 1. The minimum Gasteiger partial charge on any atom is -0.550 e. The summed E-state index contributed by atoms with van der Waals surface area (Å²) in [7, 11) is 0. The molecular weight excluding hydrogens is 328 g/mol. The van der Waals surface area contributed by atoms with Crippen LogP contribution in [0.3, 0.4) is 0 Å². The molecule has 0 radical (unpaired) electrons. The van der Waals surface area contributed by atoms with E-state index in [9.17, 15) is 19.5 Å². The summed E-state index contributed by atoms with van der Waals surface area (Å²) < 4.78 is 0. The molecule has 0 bridgehead atoms. The molecule has 0 aliphatic heterocycles. The Balaban J connectivity index is 2.00. The Morgan fingerprint density at radius 3 is 2.33 bits per heavy atom. The first-order valence-corrected chi connectivity index (χ1v) is 8.75. The standard InChI is InChI=1S/C17H22N2O4S/c1-4-12-7-11(8-24-12)15(20)18-19-16(21)13-5-9(2)10(3)6-14(13)17(22)23/h7-8,13-14H,4-6H2,1-3H3,(H,18,20)(H,19,21)(H,22,23)/p-1/t13-,14+/m0/s1. The number of aryl methyl sites for hydroxylation is 1. The number of carbonyl (C=O) groups excluding carboxylic acids is 3. The number of carbonyl (C=O) groups is 3. The highest BCUT2D eigenvalue weighted by Crippen LogP contribution is 2.33. The summed E-state index contributed by atoms with van der Waals surface area (Å²) in [5.74, 6) is -3.77. The van der Waals surface area contributed by atoms with Crippen molar-refractivity contribution >= 4 is 29.1 Å². The van der Waals surface area contributed by atoms with Crippen LogP contribution in [0.25, 0.3) is 0 Å². The monoisotopic (exact) mass is 349 g/mol. The lowest BCUT2D eigenvalue weighted by Gasteiger charge is -2.32. The molecular formula is C17H21N2O4S-. The van der Waals surface area contributed by atoms with Crippen LogP contribution in [0.5, 0.6) is 0 Å². The summed E-state index contributed by atoms with van der Waals surface area (Å²) in [5, 5.41) is 13.0. The van der Waals surface area contributed by atoms with Gasteiger partial charge in [0.15, 0.2) is 0 Å². The van der Waals surface area contributed by atoms with Gasteiger partial charge in [-0.15, -0.1) is 11.3 Å². The molecule has 6 nitrogen and oxygen atoms in total. The van der Waals surface area contributed by atoms with Gasteiger partial charge in [-0.1, -0.05) is 18.1 Å². The zero-order chi connectivity index (χ0) is 17.9. The molecule has 130 valence electrons. The number of carboxylic acids is 1. The van der Waals surface area contributed by atoms with Crippen molar-refractivity contribution in [2.75, 3.05) is 0 Å². The molecule has 2 rings (SSSR count). The van der Waals surface area contributed by atoms with Crippen molar-refractivity contribution in [3.05, 3.63) is 33.0 Å². The average molecular weight is 349 g/mol. The second kappa shape index (κ2) is 7.61. The lowest BCUT2D eigenvalue weighted by Crippen LogP contribution is -2.49. The average Bonchev–Trinajstić information content (AvgIpc) is 3.03. The van der Waals surface area contributed by atoms with E-state index in [1.54, 1.807) is 11.4 Å². The molecule has 2 N–H and O–H groups in total. The second-order valence-electron chi connectivity index (χ2n) is 6.10. The third-order valence-electron chi connectivity index (χ3n) is 4.47. The Labute approximate surface area is 144 Å². The van der Waals surface area contributed by atoms with Gasteiger partial charge in [0.25, 0.3) is 5.91 Å². The van der Waals surface area contributed by atoms with E-state index in [-0.39, 0.29) is 0 Å². The van der Waals surface area contributed by atoms with E-state index in [2.05, 4.69) is 10.9 Å². The van der Waals surface area contributed by atoms with Crippen molar-refractivity contribution in [1.82, 2.24) is 10.9 Å². The van der Waals surface area contributed by atoms with Gasteiger partial charge in [-0.3, -0.25) is 20.4 Å². The van der Waals surface area contributed by atoms with E-state index in [4.69, 9.17) is 0 Å². The Morgan fingerprint density at radius 2 is 1.79 bits per heavy atom. The molecule has 0 fully saturated rings. The third kappa shape index (κ3) is 4.03. The molecule has 0 saturated carbocycles. The van der Waals surface area contributed by atoms with Crippen LogP contribution < -0.4 is 16.0 Å². The molecule has 0 saturated heterocycles. The molecule has 0 unspecified atom stereocenters. The number of amides is 2. The molecule has 2 atom stereocenters. The fraction of sp³-hybridized carbons (Fsp3) is 0.471. The van der Waals surface area contributed by atoms with Gasteiger partial charge in [0, 0.05) is 22.1 Å². The fourth-order valence-electron chi connectivity index (χ4n) is 2.78. The number of allylic oxidation sites excluding steroid dienone is 2. The quantitative estimate of drug-likeness (QED) is 0.630. The molecule has 1 aliphatic carbocycles. The molecule has 1 aliphatic rings. The van der Waals surface area contributed by atoms with Gasteiger partial charge in [0.05, 0.1) is 11.5 Å². The van der Waals surface area contributed by atoms with Crippen LogP contribution in [0, 0.1) is 11.8 Å². The third-order valence-corrected chi connectivity index (χ3v) is 5.55. The van der Waals surface area contributed by atoms with Crippen molar-refractivity contribution in [2.45, 2.75) is 40.0 Å². The van der Waals surface area contributed by atoms with Crippen molar-refractivity contribution < 1.29 is 19.5 Å². The number of thiophene rings is 1. The van der Waals surface area contributed by atoms with Gasteiger partial charge in [-0.25, -0.2) is 0 Å². The predicted molar refractivity (Wildman–Crippen MR) is 88.9 cm³/mol.